The average molecular weight is 555 g/mol. The molecule has 0 bridgehead atoms. The van der Waals surface area contributed by atoms with Gasteiger partial charge in [0.1, 0.15) is 6.54 Å². The predicted octanol–water partition coefficient (Wildman–Crippen LogP) is 4.93. The highest BCUT2D eigenvalue weighted by atomic mass is 79.9. The maximum Gasteiger partial charge on any atom is 0.345 e. The van der Waals surface area contributed by atoms with Crippen LogP contribution in [0.5, 0.6) is 11.5 Å². The Kier molecular flexibility index (Phi) is 8.17. The van der Waals surface area contributed by atoms with Gasteiger partial charge in [0.2, 0.25) is 0 Å². The monoisotopic (exact) mass is 553 g/mol. The molecule has 2 aromatic carbocycles. The smallest absolute Gasteiger partial charge is 0.345 e. The second-order valence-electron chi connectivity index (χ2n) is 6.48. The molecular formula is C22H17BrClNO7S. The van der Waals surface area contributed by atoms with Crippen molar-refractivity contribution in [2.75, 3.05) is 20.3 Å². The number of halogens is 2. The summed E-state index contributed by atoms with van der Waals surface area (Å²) >= 11 is 10.1. The summed E-state index contributed by atoms with van der Waals surface area (Å²) in [4.78, 5) is 49.7. The first-order valence-corrected chi connectivity index (χ1v) is 11.5. The number of hydrogen-bond donors (Lipinski definition) is 0. The third kappa shape index (κ3) is 5.76. The number of rotatable bonds is 7. The van der Waals surface area contributed by atoms with Crippen LogP contribution in [0.4, 0.5) is 4.79 Å². The van der Waals surface area contributed by atoms with Gasteiger partial charge in [-0.1, -0.05) is 23.7 Å². The largest absolute Gasteiger partial charge is 0.490 e. The van der Waals surface area contributed by atoms with Crippen molar-refractivity contribution in [2.24, 2.45) is 0 Å². The van der Waals surface area contributed by atoms with E-state index < -0.39 is 29.6 Å². The summed E-state index contributed by atoms with van der Waals surface area (Å²) in [5, 5.41) is -0.332. The number of carbonyl (C=O) groups is 4. The lowest BCUT2D eigenvalue weighted by Crippen LogP contribution is -2.34. The number of ether oxygens (including phenoxy) is 3. The Bertz CT molecular complexity index is 1170. The molecular weight excluding hydrogens is 538 g/mol. The molecule has 1 heterocycles. The lowest BCUT2D eigenvalue weighted by molar-refractivity contribution is -0.143. The van der Waals surface area contributed by atoms with E-state index in [1.54, 1.807) is 37.3 Å². The molecule has 1 aliphatic rings. The average Bonchev–Trinajstić information content (AvgIpc) is 3.03. The van der Waals surface area contributed by atoms with Crippen molar-refractivity contribution in [2.45, 2.75) is 6.92 Å². The molecule has 1 fully saturated rings. The second kappa shape index (κ2) is 10.9. The molecule has 0 aliphatic carbocycles. The van der Waals surface area contributed by atoms with E-state index in [9.17, 15) is 19.2 Å². The zero-order valence-electron chi connectivity index (χ0n) is 17.4. The highest BCUT2D eigenvalue weighted by Crippen LogP contribution is 2.40. The van der Waals surface area contributed by atoms with Crippen molar-refractivity contribution in [3.8, 4) is 11.5 Å². The Labute approximate surface area is 206 Å². The van der Waals surface area contributed by atoms with Crippen molar-refractivity contribution in [1.29, 1.82) is 0 Å². The van der Waals surface area contributed by atoms with Gasteiger partial charge >= 0.3 is 11.9 Å². The minimum atomic E-state index is -0.704. The number of methoxy groups -OCH3 is 1. The van der Waals surface area contributed by atoms with Gasteiger partial charge in [-0.05, 0) is 70.5 Å². The van der Waals surface area contributed by atoms with E-state index >= 15 is 0 Å². The van der Waals surface area contributed by atoms with Gasteiger partial charge in [-0.25, -0.2) is 4.79 Å². The molecule has 0 atom stereocenters. The third-order valence-corrected chi connectivity index (χ3v) is 6.13. The molecule has 172 valence electrons. The van der Waals surface area contributed by atoms with E-state index in [0.717, 1.165) is 4.90 Å². The lowest BCUT2D eigenvalue weighted by atomic mass is 10.1. The quantitative estimate of drug-likeness (QED) is 0.270. The zero-order valence-corrected chi connectivity index (χ0v) is 20.6. The fourth-order valence-electron chi connectivity index (χ4n) is 2.79. The molecule has 0 spiro atoms. The van der Waals surface area contributed by atoms with Crippen LogP contribution in [0.15, 0.2) is 45.8 Å². The van der Waals surface area contributed by atoms with E-state index in [-0.39, 0.29) is 33.6 Å². The van der Waals surface area contributed by atoms with Gasteiger partial charge in [0.15, 0.2) is 11.5 Å². The standard InChI is InChI=1S/C22H17BrClNO7S/c1-3-31-16-9-12(10-17-20(27)25(22(29)33-17)11-18(26)30-2)8-14(23)19(16)32-21(28)13-6-4-5-7-15(13)24/h4-10H,3,11H2,1-2H3/b17-10-. The first-order chi connectivity index (χ1) is 15.7. The maximum atomic E-state index is 12.6. The fourth-order valence-corrected chi connectivity index (χ4v) is 4.38. The lowest BCUT2D eigenvalue weighted by Gasteiger charge is -2.14. The van der Waals surface area contributed by atoms with Crippen LogP contribution in [0.3, 0.4) is 0 Å². The van der Waals surface area contributed by atoms with Crippen molar-refractivity contribution < 1.29 is 33.4 Å². The van der Waals surface area contributed by atoms with Gasteiger partial charge in [-0.2, -0.15) is 0 Å². The molecule has 8 nitrogen and oxygen atoms in total. The molecule has 1 saturated heterocycles. The van der Waals surface area contributed by atoms with Crippen LogP contribution < -0.4 is 9.47 Å². The molecule has 11 heteroatoms. The number of esters is 2. The van der Waals surface area contributed by atoms with Crippen LogP contribution in [0.1, 0.15) is 22.8 Å². The number of thioether (sulfide) groups is 1. The van der Waals surface area contributed by atoms with E-state index in [4.69, 9.17) is 21.1 Å². The number of imide groups is 1. The molecule has 0 aromatic heterocycles. The Balaban J connectivity index is 1.90. The van der Waals surface area contributed by atoms with Crippen molar-refractivity contribution in [3.63, 3.8) is 0 Å². The van der Waals surface area contributed by atoms with Gasteiger partial charge in [-0.15, -0.1) is 0 Å². The van der Waals surface area contributed by atoms with Crippen LogP contribution in [0, 0.1) is 0 Å². The highest BCUT2D eigenvalue weighted by Gasteiger charge is 2.36. The maximum absolute atomic E-state index is 12.6. The van der Waals surface area contributed by atoms with Crippen molar-refractivity contribution >= 4 is 68.5 Å². The summed E-state index contributed by atoms with van der Waals surface area (Å²) in [7, 11) is 1.17. The molecule has 2 amide bonds. The van der Waals surface area contributed by atoms with Crippen molar-refractivity contribution in [1.82, 2.24) is 4.90 Å². The van der Waals surface area contributed by atoms with E-state index in [1.165, 1.54) is 19.3 Å². The molecule has 0 saturated carbocycles. The van der Waals surface area contributed by atoms with E-state index in [1.807, 2.05) is 0 Å². The van der Waals surface area contributed by atoms with Gasteiger partial charge in [-0.3, -0.25) is 19.3 Å². The number of benzene rings is 2. The zero-order chi connectivity index (χ0) is 24.1. The van der Waals surface area contributed by atoms with E-state index in [2.05, 4.69) is 20.7 Å². The van der Waals surface area contributed by atoms with Crippen molar-refractivity contribution in [3.05, 3.63) is 61.9 Å². The topological polar surface area (TPSA) is 99.2 Å². The van der Waals surface area contributed by atoms with E-state index in [0.29, 0.717) is 21.8 Å². The SMILES string of the molecule is CCOc1cc(/C=C2\SC(=O)N(CC(=O)OC)C2=O)cc(Br)c1OC(=O)c1ccccc1Cl. The summed E-state index contributed by atoms with van der Waals surface area (Å²) in [6, 6.07) is 9.65. The number of carbonyl (C=O) groups excluding carboxylic acids is 4. The Morgan fingerprint density at radius 1 is 1.21 bits per heavy atom. The molecule has 0 radical (unpaired) electrons. The Hall–Kier alpha value is -2.82. The number of amides is 2. The summed E-state index contributed by atoms with van der Waals surface area (Å²) in [5.74, 6) is -1.60. The van der Waals surface area contributed by atoms with Crippen LogP contribution in [-0.4, -0.2) is 48.2 Å². The highest BCUT2D eigenvalue weighted by molar-refractivity contribution is 9.10. The molecule has 33 heavy (non-hydrogen) atoms. The van der Waals surface area contributed by atoms with Crippen LogP contribution in [-0.2, 0) is 14.3 Å². The fraction of sp³-hybridized carbons (Fsp3) is 0.182. The first kappa shape index (κ1) is 24.8. The van der Waals surface area contributed by atoms with Gasteiger partial charge in [0, 0.05) is 0 Å². The minimum absolute atomic E-state index is 0.124. The predicted molar refractivity (Wildman–Crippen MR) is 126 cm³/mol. The molecule has 0 N–H and O–H groups in total. The minimum Gasteiger partial charge on any atom is -0.490 e. The second-order valence-corrected chi connectivity index (χ2v) is 8.73. The molecule has 3 rings (SSSR count). The summed E-state index contributed by atoms with van der Waals surface area (Å²) in [6.45, 7) is 1.57. The normalized spacial score (nSPS) is 14.5. The number of nitrogens with zero attached hydrogens (tertiary/aromatic N) is 1. The summed E-state index contributed by atoms with van der Waals surface area (Å²) in [5.41, 5.74) is 0.698. The molecule has 1 aliphatic heterocycles. The first-order valence-electron chi connectivity index (χ1n) is 9.50. The van der Waals surface area contributed by atoms with Gasteiger partial charge in [0.05, 0.1) is 33.7 Å². The van der Waals surface area contributed by atoms with Gasteiger partial charge < -0.3 is 14.2 Å². The Morgan fingerprint density at radius 2 is 1.94 bits per heavy atom. The van der Waals surface area contributed by atoms with Crippen LogP contribution in [0.25, 0.3) is 6.08 Å². The number of hydrogen-bond acceptors (Lipinski definition) is 8. The third-order valence-electron chi connectivity index (χ3n) is 4.31. The summed E-state index contributed by atoms with van der Waals surface area (Å²) in [6.07, 6.45) is 1.48. The Morgan fingerprint density at radius 3 is 2.61 bits per heavy atom. The molecule has 2 aromatic rings. The molecule has 0 unspecified atom stereocenters. The van der Waals surface area contributed by atoms with Crippen LogP contribution in [0.2, 0.25) is 5.02 Å². The van der Waals surface area contributed by atoms with Gasteiger partial charge in [0.25, 0.3) is 11.1 Å². The van der Waals surface area contributed by atoms with Crippen LogP contribution >= 0.6 is 39.3 Å². The summed E-state index contributed by atoms with van der Waals surface area (Å²) < 4.78 is 16.1.